The van der Waals surface area contributed by atoms with Crippen LogP contribution >= 0.6 is 0 Å². The summed E-state index contributed by atoms with van der Waals surface area (Å²) in [5.74, 6) is 0.920. The lowest BCUT2D eigenvalue weighted by atomic mass is 10.3. The number of anilines is 1. The molecule has 1 aromatic carbocycles. The Hall–Kier alpha value is -1.92. The molecule has 23 heavy (non-hydrogen) atoms. The van der Waals surface area contributed by atoms with Gasteiger partial charge in [-0.15, -0.1) is 0 Å². The highest BCUT2D eigenvalue weighted by Crippen LogP contribution is 2.19. The molecule has 0 unspecified atom stereocenters. The maximum Gasteiger partial charge on any atom is 0.243 e. The summed E-state index contributed by atoms with van der Waals surface area (Å²) in [6.07, 6.45) is 0.793. The minimum atomic E-state index is -3.41. The molecule has 2 aromatic rings. The fourth-order valence-electron chi connectivity index (χ4n) is 2.81. The lowest BCUT2D eigenvalue weighted by Gasteiger charge is -2.23. The topological polar surface area (TPSA) is 53.5 Å². The molecule has 1 fully saturated rings. The Labute approximate surface area is 137 Å². The highest BCUT2D eigenvalue weighted by atomic mass is 32.2. The first kappa shape index (κ1) is 16.0. The standard InChI is InChI=1S/C17H21N3O2S/c1-15-7-5-10-17(18-15)19-11-6-12-20(14-13-19)23(21,22)16-8-3-2-4-9-16/h2-5,7-10H,6,11-14H2,1H3. The van der Waals surface area contributed by atoms with Gasteiger partial charge in [-0.05, 0) is 37.6 Å². The van der Waals surface area contributed by atoms with Gasteiger partial charge in [0.2, 0.25) is 10.0 Å². The van der Waals surface area contributed by atoms with Gasteiger partial charge in [0.25, 0.3) is 0 Å². The maximum atomic E-state index is 12.7. The molecule has 5 nitrogen and oxygen atoms in total. The van der Waals surface area contributed by atoms with Crippen LogP contribution in [0.3, 0.4) is 0 Å². The molecule has 1 aliphatic rings. The minimum Gasteiger partial charge on any atom is -0.355 e. The largest absolute Gasteiger partial charge is 0.355 e. The van der Waals surface area contributed by atoms with E-state index >= 15 is 0 Å². The summed E-state index contributed by atoms with van der Waals surface area (Å²) in [7, 11) is -3.41. The number of pyridine rings is 1. The third-order valence-electron chi connectivity index (χ3n) is 4.03. The van der Waals surface area contributed by atoms with Crippen LogP contribution in [0.15, 0.2) is 53.4 Å². The SMILES string of the molecule is Cc1cccc(N2CCCN(S(=O)(=O)c3ccccc3)CC2)n1. The molecule has 0 atom stereocenters. The second-order valence-electron chi connectivity index (χ2n) is 5.69. The highest BCUT2D eigenvalue weighted by Gasteiger charge is 2.26. The van der Waals surface area contributed by atoms with Crippen LogP contribution < -0.4 is 4.90 Å². The second-order valence-corrected chi connectivity index (χ2v) is 7.63. The number of aromatic nitrogens is 1. The number of nitrogens with zero attached hydrogens (tertiary/aromatic N) is 3. The van der Waals surface area contributed by atoms with Gasteiger partial charge in [-0.2, -0.15) is 4.31 Å². The number of hydrogen-bond acceptors (Lipinski definition) is 4. The quantitative estimate of drug-likeness (QED) is 0.866. The van der Waals surface area contributed by atoms with E-state index in [0.717, 1.165) is 24.5 Å². The number of sulfonamides is 1. The maximum absolute atomic E-state index is 12.7. The summed E-state index contributed by atoms with van der Waals surface area (Å²) in [5.41, 5.74) is 0.973. The number of benzene rings is 1. The molecule has 0 aliphatic carbocycles. The van der Waals surface area contributed by atoms with E-state index in [9.17, 15) is 8.42 Å². The van der Waals surface area contributed by atoms with Gasteiger partial charge >= 0.3 is 0 Å². The summed E-state index contributed by atoms with van der Waals surface area (Å²) in [4.78, 5) is 7.07. The Bertz CT molecular complexity index is 762. The fraction of sp³-hybridized carbons (Fsp3) is 0.353. The van der Waals surface area contributed by atoms with E-state index in [2.05, 4.69) is 9.88 Å². The summed E-state index contributed by atoms with van der Waals surface area (Å²) in [6, 6.07) is 14.6. The van der Waals surface area contributed by atoms with Crippen LogP contribution in [0.25, 0.3) is 0 Å². The van der Waals surface area contributed by atoms with Gasteiger partial charge in [-0.25, -0.2) is 13.4 Å². The molecule has 2 heterocycles. The predicted octanol–water partition coefficient (Wildman–Crippen LogP) is 2.29. The number of aryl methyl sites for hydroxylation is 1. The van der Waals surface area contributed by atoms with Crippen LogP contribution in [0, 0.1) is 6.92 Å². The van der Waals surface area contributed by atoms with E-state index in [1.54, 1.807) is 28.6 Å². The van der Waals surface area contributed by atoms with E-state index in [4.69, 9.17) is 0 Å². The Balaban J connectivity index is 1.76. The zero-order valence-electron chi connectivity index (χ0n) is 13.2. The van der Waals surface area contributed by atoms with Crippen LogP contribution in [0.2, 0.25) is 0 Å². The molecule has 0 radical (unpaired) electrons. The smallest absolute Gasteiger partial charge is 0.243 e. The highest BCUT2D eigenvalue weighted by molar-refractivity contribution is 7.89. The molecule has 122 valence electrons. The lowest BCUT2D eigenvalue weighted by molar-refractivity contribution is 0.433. The van der Waals surface area contributed by atoms with Crippen molar-refractivity contribution in [3.63, 3.8) is 0 Å². The normalized spacial score (nSPS) is 17.0. The Morgan fingerprint density at radius 1 is 0.913 bits per heavy atom. The molecule has 0 saturated carbocycles. The van der Waals surface area contributed by atoms with Gasteiger partial charge in [-0.3, -0.25) is 0 Å². The molecule has 1 aromatic heterocycles. The Morgan fingerprint density at radius 2 is 1.70 bits per heavy atom. The van der Waals surface area contributed by atoms with E-state index < -0.39 is 10.0 Å². The van der Waals surface area contributed by atoms with Gasteiger partial charge in [0.05, 0.1) is 4.90 Å². The zero-order valence-corrected chi connectivity index (χ0v) is 14.0. The van der Waals surface area contributed by atoms with Gasteiger partial charge in [-0.1, -0.05) is 24.3 Å². The molecule has 1 aliphatic heterocycles. The molecule has 0 spiro atoms. The molecular formula is C17H21N3O2S. The van der Waals surface area contributed by atoms with Gasteiger partial charge in [0, 0.05) is 31.9 Å². The fourth-order valence-corrected chi connectivity index (χ4v) is 4.30. The Kier molecular flexibility index (Phi) is 4.63. The summed E-state index contributed by atoms with van der Waals surface area (Å²) in [6.45, 7) is 4.46. The lowest BCUT2D eigenvalue weighted by Crippen LogP contribution is -2.35. The molecule has 0 bridgehead atoms. The van der Waals surface area contributed by atoms with Gasteiger partial charge in [0.1, 0.15) is 5.82 Å². The van der Waals surface area contributed by atoms with Crippen molar-refractivity contribution in [2.75, 3.05) is 31.1 Å². The molecule has 3 rings (SSSR count). The average Bonchev–Trinajstić information content (AvgIpc) is 2.82. The first-order valence-corrected chi connectivity index (χ1v) is 9.25. The third kappa shape index (κ3) is 3.54. The monoisotopic (exact) mass is 331 g/mol. The van der Waals surface area contributed by atoms with Crippen molar-refractivity contribution < 1.29 is 8.42 Å². The number of hydrogen-bond donors (Lipinski definition) is 0. The average molecular weight is 331 g/mol. The van der Waals surface area contributed by atoms with E-state index in [1.807, 2.05) is 31.2 Å². The van der Waals surface area contributed by atoms with E-state index in [-0.39, 0.29) is 0 Å². The summed E-state index contributed by atoms with van der Waals surface area (Å²) in [5, 5.41) is 0. The van der Waals surface area contributed by atoms with Crippen molar-refractivity contribution in [3.05, 3.63) is 54.2 Å². The van der Waals surface area contributed by atoms with Crippen molar-refractivity contribution >= 4 is 15.8 Å². The second kappa shape index (κ2) is 6.68. The Morgan fingerprint density at radius 3 is 2.43 bits per heavy atom. The summed E-state index contributed by atoms with van der Waals surface area (Å²) >= 11 is 0. The van der Waals surface area contributed by atoms with Crippen LogP contribution in [0.1, 0.15) is 12.1 Å². The molecule has 1 saturated heterocycles. The summed E-state index contributed by atoms with van der Waals surface area (Å²) < 4.78 is 27.0. The first-order valence-electron chi connectivity index (χ1n) is 7.81. The van der Waals surface area contributed by atoms with Crippen LogP contribution in [0.4, 0.5) is 5.82 Å². The van der Waals surface area contributed by atoms with Crippen molar-refractivity contribution in [1.29, 1.82) is 0 Å². The third-order valence-corrected chi connectivity index (χ3v) is 5.95. The molecule has 0 amide bonds. The van der Waals surface area contributed by atoms with Crippen molar-refractivity contribution in [2.45, 2.75) is 18.2 Å². The van der Waals surface area contributed by atoms with E-state index in [0.29, 0.717) is 24.5 Å². The van der Waals surface area contributed by atoms with Gasteiger partial charge in [0.15, 0.2) is 0 Å². The van der Waals surface area contributed by atoms with Crippen LogP contribution in [-0.2, 0) is 10.0 Å². The zero-order chi connectivity index (χ0) is 16.3. The molecule has 0 N–H and O–H groups in total. The molecule has 6 heteroatoms. The van der Waals surface area contributed by atoms with Crippen molar-refractivity contribution in [1.82, 2.24) is 9.29 Å². The first-order chi connectivity index (χ1) is 11.1. The minimum absolute atomic E-state index is 0.363. The van der Waals surface area contributed by atoms with E-state index in [1.165, 1.54) is 0 Å². The van der Waals surface area contributed by atoms with Crippen LogP contribution in [0.5, 0.6) is 0 Å². The van der Waals surface area contributed by atoms with Crippen molar-refractivity contribution in [2.24, 2.45) is 0 Å². The molecular weight excluding hydrogens is 310 g/mol. The number of rotatable bonds is 3. The van der Waals surface area contributed by atoms with Gasteiger partial charge < -0.3 is 4.90 Å². The predicted molar refractivity (Wildman–Crippen MR) is 91.0 cm³/mol. The van der Waals surface area contributed by atoms with Crippen LogP contribution in [-0.4, -0.2) is 43.9 Å². The van der Waals surface area contributed by atoms with Crippen molar-refractivity contribution in [3.8, 4) is 0 Å².